The molecule has 14 heavy (non-hydrogen) atoms. The van der Waals surface area contributed by atoms with Gasteiger partial charge in [-0.2, -0.15) is 0 Å². The van der Waals surface area contributed by atoms with E-state index in [1.807, 2.05) is 7.05 Å². The molecule has 1 saturated heterocycles. The molecular formula is C10H20N2O2. The molecule has 2 atom stereocenters. The average molecular weight is 200 g/mol. The van der Waals surface area contributed by atoms with Gasteiger partial charge in [0.2, 0.25) is 5.91 Å². The zero-order valence-electron chi connectivity index (χ0n) is 9.03. The molecule has 1 fully saturated rings. The van der Waals surface area contributed by atoms with Crippen LogP contribution < -0.4 is 5.73 Å². The predicted molar refractivity (Wildman–Crippen MR) is 54.8 cm³/mol. The Bertz CT molecular complexity index is 197. The maximum Gasteiger partial charge on any atom is 0.221 e. The number of ether oxygens (including phenoxy) is 1. The minimum absolute atomic E-state index is 0.0158. The number of rotatable bonds is 2. The molecule has 1 rings (SSSR count). The van der Waals surface area contributed by atoms with E-state index in [-0.39, 0.29) is 17.9 Å². The molecule has 1 amide bonds. The number of amides is 1. The maximum absolute atomic E-state index is 11.1. The van der Waals surface area contributed by atoms with Gasteiger partial charge in [0.1, 0.15) is 0 Å². The van der Waals surface area contributed by atoms with Crippen LogP contribution in [0.3, 0.4) is 0 Å². The van der Waals surface area contributed by atoms with Crippen LogP contribution >= 0.6 is 0 Å². The predicted octanol–water partition coefficient (Wildman–Crippen LogP) is 0.219. The summed E-state index contributed by atoms with van der Waals surface area (Å²) in [5.41, 5.74) is 5.33. The first-order valence-electron chi connectivity index (χ1n) is 5.14. The quantitative estimate of drug-likeness (QED) is 0.693. The third kappa shape index (κ3) is 3.27. The summed E-state index contributed by atoms with van der Waals surface area (Å²) in [5, 5.41) is 0. The summed E-state index contributed by atoms with van der Waals surface area (Å²) < 4.78 is 5.32. The largest absolute Gasteiger partial charge is 0.381 e. The lowest BCUT2D eigenvalue weighted by atomic mass is 9.96. The van der Waals surface area contributed by atoms with Gasteiger partial charge >= 0.3 is 0 Å². The lowest BCUT2D eigenvalue weighted by molar-refractivity contribution is -0.123. The van der Waals surface area contributed by atoms with Gasteiger partial charge in [-0.1, -0.05) is 0 Å². The van der Waals surface area contributed by atoms with Gasteiger partial charge in [-0.05, 0) is 26.3 Å². The van der Waals surface area contributed by atoms with Crippen molar-refractivity contribution in [3.8, 4) is 0 Å². The zero-order valence-corrected chi connectivity index (χ0v) is 9.03. The molecule has 0 spiro atoms. The van der Waals surface area contributed by atoms with E-state index in [4.69, 9.17) is 10.5 Å². The molecule has 0 aromatic carbocycles. The first-order chi connectivity index (χ1) is 6.63. The number of carbonyl (C=O) groups is 1. The molecule has 0 bridgehead atoms. The van der Waals surface area contributed by atoms with Crippen molar-refractivity contribution < 1.29 is 9.53 Å². The fourth-order valence-corrected chi connectivity index (χ4v) is 1.92. The number of likely N-dealkylation sites (tertiary alicyclic amines) is 1. The molecule has 0 radical (unpaired) electrons. The molecule has 0 aromatic rings. The fraction of sp³-hybridized carbons (Fsp3) is 0.900. The summed E-state index contributed by atoms with van der Waals surface area (Å²) >= 11 is 0. The van der Waals surface area contributed by atoms with E-state index in [0.717, 1.165) is 32.4 Å². The molecule has 0 aromatic heterocycles. The van der Waals surface area contributed by atoms with Gasteiger partial charge in [-0.15, -0.1) is 0 Å². The Morgan fingerprint density at radius 3 is 2.71 bits per heavy atom. The van der Waals surface area contributed by atoms with Crippen LogP contribution in [0.15, 0.2) is 0 Å². The number of hydrogen-bond donors (Lipinski definition) is 1. The van der Waals surface area contributed by atoms with Crippen LogP contribution in [0.5, 0.6) is 0 Å². The van der Waals surface area contributed by atoms with E-state index in [1.165, 1.54) is 0 Å². The number of primary amides is 1. The van der Waals surface area contributed by atoms with Crippen molar-refractivity contribution in [3.63, 3.8) is 0 Å². The molecule has 2 unspecified atom stereocenters. The zero-order chi connectivity index (χ0) is 10.6. The van der Waals surface area contributed by atoms with Crippen LogP contribution in [-0.4, -0.2) is 44.2 Å². The Kier molecular flexibility index (Phi) is 4.35. The summed E-state index contributed by atoms with van der Waals surface area (Å²) in [4.78, 5) is 13.3. The molecule has 0 aliphatic carbocycles. The molecule has 1 aliphatic rings. The van der Waals surface area contributed by atoms with Crippen LogP contribution in [0.1, 0.15) is 19.3 Å². The standard InChI is InChI=1S/C10H20N2O2/c1-12-6-5-9(14-2)4-3-8(7-12)10(11)13/h8-9H,3-7H2,1-2H3,(H2,11,13). The highest BCUT2D eigenvalue weighted by Crippen LogP contribution is 2.17. The molecular weight excluding hydrogens is 180 g/mol. The van der Waals surface area contributed by atoms with E-state index < -0.39 is 0 Å². The van der Waals surface area contributed by atoms with E-state index in [0.29, 0.717) is 0 Å². The lowest BCUT2D eigenvalue weighted by Gasteiger charge is -2.28. The van der Waals surface area contributed by atoms with Gasteiger partial charge in [0.25, 0.3) is 0 Å². The highest BCUT2D eigenvalue weighted by atomic mass is 16.5. The SMILES string of the molecule is COC1CCC(C(N)=O)CN(C)CC1. The van der Waals surface area contributed by atoms with Gasteiger partial charge in [-0.25, -0.2) is 0 Å². The lowest BCUT2D eigenvalue weighted by Crippen LogP contribution is -2.38. The van der Waals surface area contributed by atoms with Crippen molar-refractivity contribution in [1.29, 1.82) is 0 Å². The maximum atomic E-state index is 11.1. The number of nitrogens with two attached hydrogens (primary N) is 1. The van der Waals surface area contributed by atoms with Crippen molar-refractivity contribution in [2.24, 2.45) is 11.7 Å². The van der Waals surface area contributed by atoms with Gasteiger partial charge < -0.3 is 15.4 Å². The second-order valence-electron chi connectivity index (χ2n) is 4.09. The van der Waals surface area contributed by atoms with Crippen LogP contribution in [0.4, 0.5) is 0 Å². The molecule has 1 heterocycles. The third-order valence-corrected chi connectivity index (χ3v) is 2.94. The van der Waals surface area contributed by atoms with Crippen LogP contribution in [-0.2, 0) is 9.53 Å². The summed E-state index contributed by atoms with van der Waals surface area (Å²) in [6.45, 7) is 1.76. The summed E-state index contributed by atoms with van der Waals surface area (Å²) in [5.74, 6) is -0.202. The first-order valence-corrected chi connectivity index (χ1v) is 5.14. The van der Waals surface area contributed by atoms with Crippen molar-refractivity contribution in [1.82, 2.24) is 4.90 Å². The summed E-state index contributed by atoms with van der Waals surface area (Å²) in [6, 6.07) is 0. The minimum Gasteiger partial charge on any atom is -0.381 e. The number of methoxy groups -OCH3 is 1. The van der Waals surface area contributed by atoms with Crippen LogP contribution in [0.25, 0.3) is 0 Å². The van der Waals surface area contributed by atoms with Crippen molar-refractivity contribution in [2.45, 2.75) is 25.4 Å². The number of nitrogens with zero attached hydrogens (tertiary/aromatic N) is 1. The highest BCUT2D eigenvalue weighted by Gasteiger charge is 2.22. The molecule has 0 saturated carbocycles. The van der Waals surface area contributed by atoms with Crippen LogP contribution in [0.2, 0.25) is 0 Å². The second-order valence-corrected chi connectivity index (χ2v) is 4.09. The number of carbonyl (C=O) groups excluding carboxylic acids is 1. The summed E-state index contributed by atoms with van der Waals surface area (Å²) in [7, 11) is 3.75. The molecule has 4 nitrogen and oxygen atoms in total. The van der Waals surface area contributed by atoms with Gasteiger partial charge in [0.05, 0.1) is 12.0 Å². The molecule has 4 heteroatoms. The van der Waals surface area contributed by atoms with E-state index in [2.05, 4.69) is 4.90 Å². The first kappa shape index (κ1) is 11.5. The fourth-order valence-electron chi connectivity index (χ4n) is 1.92. The number of hydrogen-bond acceptors (Lipinski definition) is 3. The monoisotopic (exact) mass is 200 g/mol. The van der Waals surface area contributed by atoms with Crippen molar-refractivity contribution in [2.75, 3.05) is 27.2 Å². The van der Waals surface area contributed by atoms with E-state index in [9.17, 15) is 4.79 Å². The Morgan fingerprint density at radius 2 is 2.14 bits per heavy atom. The summed E-state index contributed by atoms with van der Waals surface area (Å²) in [6.07, 6.45) is 3.11. The van der Waals surface area contributed by atoms with Gasteiger partial charge in [0, 0.05) is 20.2 Å². The Labute approximate surface area is 85.4 Å². The molecule has 82 valence electrons. The minimum atomic E-state index is -0.186. The van der Waals surface area contributed by atoms with Crippen molar-refractivity contribution in [3.05, 3.63) is 0 Å². The van der Waals surface area contributed by atoms with Gasteiger partial charge in [0.15, 0.2) is 0 Å². The molecule has 1 aliphatic heterocycles. The smallest absolute Gasteiger partial charge is 0.221 e. The Balaban J connectivity index is 2.52. The second kappa shape index (κ2) is 5.32. The topological polar surface area (TPSA) is 55.6 Å². The van der Waals surface area contributed by atoms with Crippen LogP contribution in [0, 0.1) is 5.92 Å². The van der Waals surface area contributed by atoms with E-state index in [1.54, 1.807) is 7.11 Å². The van der Waals surface area contributed by atoms with Gasteiger partial charge in [-0.3, -0.25) is 4.79 Å². The Morgan fingerprint density at radius 1 is 1.43 bits per heavy atom. The third-order valence-electron chi connectivity index (χ3n) is 2.94. The molecule has 2 N–H and O–H groups in total. The van der Waals surface area contributed by atoms with Crippen molar-refractivity contribution >= 4 is 5.91 Å². The average Bonchev–Trinajstić information content (AvgIpc) is 2.11. The highest BCUT2D eigenvalue weighted by molar-refractivity contribution is 5.76. The Hall–Kier alpha value is -0.610. The normalized spacial score (nSPS) is 30.7. The van der Waals surface area contributed by atoms with E-state index >= 15 is 0 Å².